The lowest BCUT2D eigenvalue weighted by Crippen LogP contribution is -2.47. The molecule has 2 aliphatic heterocycles. The topological polar surface area (TPSA) is 87.0 Å². The highest BCUT2D eigenvalue weighted by atomic mass is 32.1. The van der Waals surface area contributed by atoms with Crippen molar-refractivity contribution in [2.75, 3.05) is 24.5 Å². The molecule has 4 heterocycles. The number of rotatable bonds is 5. The predicted octanol–water partition coefficient (Wildman–Crippen LogP) is 2.87. The quantitative estimate of drug-likeness (QED) is 0.636. The second-order valence-corrected chi connectivity index (χ2v) is 8.90. The van der Waals surface area contributed by atoms with Crippen LogP contribution in [0, 0.1) is 5.92 Å². The molecule has 1 amide bonds. The highest BCUT2D eigenvalue weighted by Gasteiger charge is 2.45. The monoisotopic (exact) mass is 431 g/mol. The van der Waals surface area contributed by atoms with Gasteiger partial charge in [0.2, 0.25) is 0 Å². The van der Waals surface area contributed by atoms with Crippen LogP contribution < -0.4 is 16.0 Å². The largest absolute Gasteiger partial charge is 0.365 e. The first kappa shape index (κ1) is 20.1. The molecule has 158 valence electrons. The van der Waals surface area contributed by atoms with Gasteiger partial charge in [-0.2, -0.15) is 5.10 Å². The zero-order valence-corrected chi connectivity index (χ0v) is 16.5. The third kappa shape index (κ3) is 3.85. The first-order valence-corrected chi connectivity index (χ1v) is 10.1. The Bertz CT molecular complexity index is 914. The first-order chi connectivity index (χ1) is 13.6. The number of amides is 1. The van der Waals surface area contributed by atoms with Crippen molar-refractivity contribution in [3.05, 3.63) is 22.8 Å². The molecule has 2 aliphatic rings. The van der Waals surface area contributed by atoms with E-state index >= 15 is 0 Å². The summed E-state index contributed by atoms with van der Waals surface area (Å²) < 4.78 is 56.3. The Balaban J connectivity index is 1.71. The molecule has 29 heavy (non-hydrogen) atoms. The van der Waals surface area contributed by atoms with E-state index < -0.39 is 43.3 Å². The number of halogens is 4. The van der Waals surface area contributed by atoms with E-state index in [1.165, 1.54) is 11.1 Å². The molecular weight excluding hydrogens is 410 g/mol. The summed E-state index contributed by atoms with van der Waals surface area (Å²) in [4.78, 5) is 14.2. The van der Waals surface area contributed by atoms with Gasteiger partial charge in [0.05, 0.1) is 25.0 Å². The normalized spacial score (nSPS) is 23.8. The Kier molecular flexibility index (Phi) is 4.85. The number of thiophene rings is 1. The van der Waals surface area contributed by atoms with Crippen LogP contribution in [0.4, 0.5) is 23.2 Å². The van der Waals surface area contributed by atoms with E-state index in [0.29, 0.717) is 21.7 Å². The number of aromatic amines is 1. The number of hydrogen-bond acceptors (Lipinski definition) is 5. The molecule has 1 saturated heterocycles. The van der Waals surface area contributed by atoms with Gasteiger partial charge in [-0.3, -0.25) is 9.89 Å². The third-order valence-corrected chi connectivity index (χ3v) is 6.76. The third-order valence-electron chi connectivity index (χ3n) is 5.47. The van der Waals surface area contributed by atoms with Gasteiger partial charge < -0.3 is 16.0 Å². The summed E-state index contributed by atoms with van der Waals surface area (Å²) in [5, 5.41) is 9.28. The zero-order chi connectivity index (χ0) is 21.0. The van der Waals surface area contributed by atoms with E-state index in [2.05, 4.69) is 15.5 Å². The van der Waals surface area contributed by atoms with Crippen LogP contribution in [0.25, 0.3) is 10.4 Å². The SMILES string of the molecule is C[C@H](CN1CC(F)(F)Cc2c(-c3cn[nH]c3)sc(C(N)=O)c21)[C@@H]1CC(F)(F)CN1. The van der Waals surface area contributed by atoms with Gasteiger partial charge in [-0.25, -0.2) is 17.6 Å². The minimum Gasteiger partial charge on any atom is -0.365 e. The van der Waals surface area contributed by atoms with Crippen molar-refractivity contribution in [1.29, 1.82) is 0 Å². The number of fused-ring (bicyclic) bond motifs is 1. The Labute approximate surface area is 168 Å². The minimum absolute atomic E-state index is 0.109. The van der Waals surface area contributed by atoms with Crippen molar-refractivity contribution in [3.8, 4) is 10.4 Å². The van der Waals surface area contributed by atoms with Gasteiger partial charge >= 0.3 is 0 Å². The molecule has 11 heteroatoms. The summed E-state index contributed by atoms with van der Waals surface area (Å²) >= 11 is 1.06. The number of H-pyrrole nitrogens is 1. The summed E-state index contributed by atoms with van der Waals surface area (Å²) in [5.74, 6) is -6.85. The van der Waals surface area contributed by atoms with E-state index in [9.17, 15) is 22.4 Å². The highest BCUT2D eigenvalue weighted by Crippen LogP contribution is 2.48. The number of carbonyl (C=O) groups excluding carboxylic acids is 1. The number of nitrogens with one attached hydrogen (secondary N) is 2. The van der Waals surface area contributed by atoms with Gasteiger partial charge in [-0.05, 0) is 5.92 Å². The Morgan fingerprint density at radius 1 is 1.41 bits per heavy atom. The van der Waals surface area contributed by atoms with E-state index in [1.807, 2.05) is 0 Å². The summed E-state index contributed by atoms with van der Waals surface area (Å²) in [7, 11) is 0. The molecule has 2 aromatic heterocycles. The van der Waals surface area contributed by atoms with Crippen LogP contribution in [-0.2, 0) is 6.42 Å². The Hall–Kier alpha value is -2.14. The molecule has 0 saturated carbocycles. The summed E-state index contributed by atoms with van der Waals surface area (Å²) in [6.07, 6.45) is 2.22. The van der Waals surface area contributed by atoms with Crippen LogP contribution in [0.1, 0.15) is 28.6 Å². The standard InChI is InChI=1S/C18H21F4N5OS/c1-9(12-3-17(19,20)7-24-12)6-27-8-18(21,22)2-11-13(27)15(16(23)28)29-14(11)10-4-25-26-5-10/h4-5,9,12,24H,2-3,6-8H2,1H3,(H2,23,28)(H,25,26)/t9-,12+/m1/s1. The van der Waals surface area contributed by atoms with Gasteiger partial charge in [0.1, 0.15) is 4.88 Å². The molecule has 2 atom stereocenters. The molecular formula is C18H21F4N5OS. The van der Waals surface area contributed by atoms with E-state index in [-0.39, 0.29) is 23.8 Å². The second-order valence-electron chi connectivity index (χ2n) is 7.88. The number of aromatic nitrogens is 2. The number of carbonyl (C=O) groups is 1. The Morgan fingerprint density at radius 3 is 2.76 bits per heavy atom. The number of anilines is 1. The lowest BCUT2D eigenvalue weighted by atomic mass is 9.94. The smallest absolute Gasteiger partial charge is 0.269 e. The highest BCUT2D eigenvalue weighted by molar-refractivity contribution is 7.18. The minimum atomic E-state index is -3.02. The lowest BCUT2D eigenvalue weighted by Gasteiger charge is -2.37. The van der Waals surface area contributed by atoms with Gasteiger partial charge in [0, 0.05) is 47.6 Å². The molecule has 0 aliphatic carbocycles. The maximum atomic E-state index is 14.6. The van der Waals surface area contributed by atoms with Crippen molar-refractivity contribution >= 4 is 22.9 Å². The Morgan fingerprint density at radius 2 is 2.17 bits per heavy atom. The van der Waals surface area contributed by atoms with Gasteiger partial charge in [0.25, 0.3) is 17.8 Å². The molecule has 4 rings (SSSR count). The maximum absolute atomic E-state index is 14.6. The molecule has 0 radical (unpaired) electrons. The summed E-state index contributed by atoms with van der Waals surface area (Å²) in [6.45, 7) is 0.852. The van der Waals surface area contributed by atoms with Crippen molar-refractivity contribution in [2.24, 2.45) is 11.7 Å². The van der Waals surface area contributed by atoms with Crippen LogP contribution in [0.2, 0.25) is 0 Å². The predicted molar refractivity (Wildman–Crippen MR) is 102 cm³/mol. The zero-order valence-electron chi connectivity index (χ0n) is 15.6. The molecule has 4 N–H and O–H groups in total. The van der Waals surface area contributed by atoms with E-state index in [4.69, 9.17) is 5.73 Å². The maximum Gasteiger partial charge on any atom is 0.269 e. The number of alkyl halides is 4. The van der Waals surface area contributed by atoms with Crippen LogP contribution >= 0.6 is 11.3 Å². The fourth-order valence-corrected chi connectivity index (χ4v) is 5.36. The number of nitrogens with zero attached hydrogens (tertiary/aromatic N) is 2. The van der Waals surface area contributed by atoms with Gasteiger partial charge in [-0.1, -0.05) is 6.92 Å². The summed E-state index contributed by atoms with van der Waals surface area (Å²) in [5.41, 5.74) is 6.88. The van der Waals surface area contributed by atoms with Crippen LogP contribution in [0.3, 0.4) is 0 Å². The summed E-state index contributed by atoms with van der Waals surface area (Å²) in [6, 6.07) is -0.493. The van der Waals surface area contributed by atoms with Crippen molar-refractivity contribution in [3.63, 3.8) is 0 Å². The average molecular weight is 431 g/mol. The number of nitrogens with two attached hydrogens (primary N) is 1. The molecule has 6 nitrogen and oxygen atoms in total. The fraction of sp³-hybridized carbons (Fsp3) is 0.556. The van der Waals surface area contributed by atoms with Crippen LogP contribution in [0.5, 0.6) is 0 Å². The van der Waals surface area contributed by atoms with Crippen LogP contribution in [-0.4, -0.2) is 53.6 Å². The van der Waals surface area contributed by atoms with Gasteiger partial charge in [0.15, 0.2) is 0 Å². The van der Waals surface area contributed by atoms with Crippen molar-refractivity contribution in [2.45, 2.75) is 37.7 Å². The lowest BCUT2D eigenvalue weighted by molar-refractivity contribution is 0.00411. The molecule has 0 unspecified atom stereocenters. The second kappa shape index (κ2) is 6.98. The molecule has 1 fully saturated rings. The number of primary amides is 1. The molecule has 0 spiro atoms. The molecule has 0 bridgehead atoms. The van der Waals surface area contributed by atoms with Gasteiger partial charge in [-0.15, -0.1) is 11.3 Å². The van der Waals surface area contributed by atoms with Crippen LogP contribution in [0.15, 0.2) is 12.4 Å². The number of hydrogen-bond donors (Lipinski definition) is 3. The average Bonchev–Trinajstić information content (AvgIpc) is 3.31. The van der Waals surface area contributed by atoms with Crippen molar-refractivity contribution < 1.29 is 22.4 Å². The fourth-order valence-electron chi connectivity index (χ4n) is 4.18. The van der Waals surface area contributed by atoms with Crippen molar-refractivity contribution in [1.82, 2.24) is 15.5 Å². The van der Waals surface area contributed by atoms with E-state index in [0.717, 1.165) is 11.3 Å². The van der Waals surface area contributed by atoms with E-state index in [1.54, 1.807) is 13.1 Å². The first-order valence-electron chi connectivity index (χ1n) is 9.25. The molecule has 2 aromatic rings. The molecule has 0 aromatic carbocycles.